The van der Waals surface area contributed by atoms with Gasteiger partial charge in [0.15, 0.2) is 0 Å². The topological polar surface area (TPSA) is 37.4 Å². The van der Waals surface area contributed by atoms with Crippen LogP contribution in [-0.2, 0) is 11.2 Å². The molecule has 0 N–H and O–H groups in total. The SMILES string of the molecule is CN(C)C(=O)c1ccc(CC=O)cc1. The lowest BCUT2D eigenvalue weighted by Gasteiger charge is -2.09. The van der Waals surface area contributed by atoms with E-state index in [9.17, 15) is 9.59 Å². The lowest BCUT2D eigenvalue weighted by atomic mass is 10.1. The molecule has 0 spiro atoms. The van der Waals surface area contributed by atoms with Gasteiger partial charge in [-0.3, -0.25) is 4.79 Å². The predicted molar refractivity (Wildman–Crippen MR) is 54.2 cm³/mol. The van der Waals surface area contributed by atoms with Crippen LogP contribution >= 0.6 is 0 Å². The molecule has 14 heavy (non-hydrogen) atoms. The van der Waals surface area contributed by atoms with Gasteiger partial charge in [-0.05, 0) is 17.7 Å². The highest BCUT2D eigenvalue weighted by molar-refractivity contribution is 5.93. The van der Waals surface area contributed by atoms with E-state index in [-0.39, 0.29) is 5.91 Å². The van der Waals surface area contributed by atoms with Gasteiger partial charge in [0.05, 0.1) is 0 Å². The Bertz CT molecular complexity index is 328. The highest BCUT2D eigenvalue weighted by Gasteiger charge is 2.06. The molecule has 1 aromatic carbocycles. The van der Waals surface area contributed by atoms with Gasteiger partial charge in [-0.25, -0.2) is 0 Å². The van der Waals surface area contributed by atoms with Crippen molar-refractivity contribution in [1.29, 1.82) is 0 Å². The van der Waals surface area contributed by atoms with Crippen LogP contribution in [0, 0.1) is 0 Å². The molecule has 74 valence electrons. The minimum Gasteiger partial charge on any atom is -0.345 e. The summed E-state index contributed by atoms with van der Waals surface area (Å²) in [6, 6.07) is 7.07. The normalized spacial score (nSPS) is 9.57. The molecule has 0 aromatic heterocycles. The van der Waals surface area contributed by atoms with Crippen molar-refractivity contribution in [3.63, 3.8) is 0 Å². The molecular formula is C11H13NO2. The summed E-state index contributed by atoms with van der Waals surface area (Å²) in [5.41, 5.74) is 1.57. The van der Waals surface area contributed by atoms with Crippen molar-refractivity contribution in [1.82, 2.24) is 4.90 Å². The van der Waals surface area contributed by atoms with Crippen molar-refractivity contribution in [2.75, 3.05) is 14.1 Å². The minimum absolute atomic E-state index is 0.0253. The number of benzene rings is 1. The van der Waals surface area contributed by atoms with E-state index >= 15 is 0 Å². The summed E-state index contributed by atoms with van der Waals surface area (Å²) in [6.45, 7) is 0. The lowest BCUT2D eigenvalue weighted by Crippen LogP contribution is -2.21. The smallest absolute Gasteiger partial charge is 0.253 e. The van der Waals surface area contributed by atoms with Crippen LogP contribution < -0.4 is 0 Å². The van der Waals surface area contributed by atoms with Crippen molar-refractivity contribution < 1.29 is 9.59 Å². The van der Waals surface area contributed by atoms with E-state index in [2.05, 4.69) is 0 Å². The Morgan fingerprint density at radius 1 is 1.29 bits per heavy atom. The summed E-state index contributed by atoms with van der Waals surface area (Å²) >= 11 is 0. The highest BCUT2D eigenvalue weighted by atomic mass is 16.2. The molecule has 0 saturated heterocycles. The largest absolute Gasteiger partial charge is 0.345 e. The molecule has 0 bridgehead atoms. The van der Waals surface area contributed by atoms with Crippen LogP contribution in [0.3, 0.4) is 0 Å². The Hall–Kier alpha value is -1.64. The Kier molecular flexibility index (Phi) is 3.40. The van der Waals surface area contributed by atoms with Gasteiger partial charge in [-0.15, -0.1) is 0 Å². The van der Waals surface area contributed by atoms with E-state index in [1.54, 1.807) is 38.4 Å². The summed E-state index contributed by atoms with van der Waals surface area (Å²) in [5.74, 6) is -0.0253. The number of aldehydes is 1. The van der Waals surface area contributed by atoms with Crippen LogP contribution in [0.25, 0.3) is 0 Å². The number of carbonyl (C=O) groups is 2. The zero-order chi connectivity index (χ0) is 10.6. The Labute approximate surface area is 83.3 Å². The second-order valence-corrected chi connectivity index (χ2v) is 3.27. The fraction of sp³-hybridized carbons (Fsp3) is 0.273. The standard InChI is InChI=1S/C11H13NO2/c1-12(2)11(14)10-5-3-9(4-6-10)7-8-13/h3-6,8H,7H2,1-2H3. The highest BCUT2D eigenvalue weighted by Crippen LogP contribution is 2.06. The van der Waals surface area contributed by atoms with Crippen molar-refractivity contribution in [2.24, 2.45) is 0 Å². The summed E-state index contributed by atoms with van der Waals surface area (Å²) in [4.78, 5) is 23.2. The molecule has 1 amide bonds. The maximum atomic E-state index is 11.5. The van der Waals surface area contributed by atoms with Crippen LogP contribution in [0.2, 0.25) is 0 Å². The van der Waals surface area contributed by atoms with Gasteiger partial charge in [0, 0.05) is 26.1 Å². The average Bonchev–Trinajstić information content (AvgIpc) is 2.18. The molecule has 1 rings (SSSR count). The van der Waals surface area contributed by atoms with Crippen molar-refractivity contribution in [3.05, 3.63) is 35.4 Å². The van der Waals surface area contributed by atoms with Gasteiger partial charge in [0.25, 0.3) is 5.91 Å². The average molecular weight is 191 g/mol. The molecular weight excluding hydrogens is 178 g/mol. The maximum Gasteiger partial charge on any atom is 0.253 e. The van der Waals surface area contributed by atoms with Gasteiger partial charge in [-0.1, -0.05) is 12.1 Å². The van der Waals surface area contributed by atoms with Crippen molar-refractivity contribution >= 4 is 12.2 Å². The monoisotopic (exact) mass is 191 g/mol. The quantitative estimate of drug-likeness (QED) is 0.671. The minimum atomic E-state index is -0.0253. The van der Waals surface area contributed by atoms with Crippen LogP contribution in [0.1, 0.15) is 15.9 Å². The third-order valence-electron chi connectivity index (χ3n) is 1.93. The number of carbonyl (C=O) groups excluding carboxylic acids is 2. The van der Waals surface area contributed by atoms with Crippen molar-refractivity contribution in [2.45, 2.75) is 6.42 Å². The fourth-order valence-electron chi connectivity index (χ4n) is 1.14. The van der Waals surface area contributed by atoms with Crippen LogP contribution in [0.4, 0.5) is 0 Å². The zero-order valence-electron chi connectivity index (χ0n) is 8.36. The molecule has 0 aliphatic heterocycles. The van der Waals surface area contributed by atoms with Gasteiger partial charge in [-0.2, -0.15) is 0 Å². The first-order chi connectivity index (χ1) is 6.65. The second-order valence-electron chi connectivity index (χ2n) is 3.27. The third kappa shape index (κ3) is 2.42. The second kappa shape index (κ2) is 4.56. The Balaban J connectivity index is 2.82. The molecule has 3 heteroatoms. The van der Waals surface area contributed by atoms with Crippen molar-refractivity contribution in [3.8, 4) is 0 Å². The fourth-order valence-corrected chi connectivity index (χ4v) is 1.14. The molecule has 0 aliphatic rings. The van der Waals surface area contributed by atoms with Gasteiger partial charge in [0.2, 0.25) is 0 Å². The first-order valence-corrected chi connectivity index (χ1v) is 4.39. The van der Waals surface area contributed by atoms with E-state index in [4.69, 9.17) is 0 Å². The van der Waals surface area contributed by atoms with E-state index < -0.39 is 0 Å². The van der Waals surface area contributed by atoms with Crippen LogP contribution in [0.15, 0.2) is 24.3 Å². The molecule has 0 unspecified atom stereocenters. The molecule has 0 radical (unpaired) electrons. The Morgan fingerprint density at radius 2 is 1.86 bits per heavy atom. The predicted octanol–water partition coefficient (Wildman–Crippen LogP) is 1.13. The summed E-state index contributed by atoms with van der Waals surface area (Å²) in [6.07, 6.45) is 1.25. The van der Waals surface area contributed by atoms with Gasteiger partial charge in [0.1, 0.15) is 6.29 Å². The third-order valence-corrected chi connectivity index (χ3v) is 1.93. The summed E-state index contributed by atoms with van der Waals surface area (Å²) in [7, 11) is 3.42. The number of amides is 1. The zero-order valence-corrected chi connectivity index (χ0v) is 8.36. The van der Waals surface area contributed by atoms with E-state index in [0.717, 1.165) is 11.8 Å². The number of hydrogen-bond donors (Lipinski definition) is 0. The van der Waals surface area contributed by atoms with Gasteiger partial charge < -0.3 is 9.69 Å². The van der Waals surface area contributed by atoms with E-state index in [1.165, 1.54) is 4.90 Å². The molecule has 0 aliphatic carbocycles. The molecule has 0 atom stereocenters. The van der Waals surface area contributed by atoms with E-state index in [1.807, 2.05) is 0 Å². The van der Waals surface area contributed by atoms with Crippen LogP contribution in [0.5, 0.6) is 0 Å². The Morgan fingerprint density at radius 3 is 2.29 bits per heavy atom. The lowest BCUT2D eigenvalue weighted by molar-refractivity contribution is -0.107. The number of hydrogen-bond acceptors (Lipinski definition) is 2. The summed E-state index contributed by atoms with van der Waals surface area (Å²) in [5, 5.41) is 0. The number of rotatable bonds is 3. The molecule has 1 aromatic rings. The summed E-state index contributed by atoms with van der Waals surface area (Å²) < 4.78 is 0. The van der Waals surface area contributed by atoms with Gasteiger partial charge >= 0.3 is 0 Å². The molecule has 0 heterocycles. The van der Waals surface area contributed by atoms with E-state index in [0.29, 0.717) is 12.0 Å². The maximum absolute atomic E-state index is 11.5. The first-order valence-electron chi connectivity index (χ1n) is 4.39. The number of nitrogens with zero attached hydrogens (tertiary/aromatic N) is 1. The molecule has 0 saturated carbocycles. The van der Waals surface area contributed by atoms with Crippen LogP contribution in [-0.4, -0.2) is 31.2 Å². The molecule has 0 fully saturated rings. The first kappa shape index (κ1) is 10.4. The molecule has 3 nitrogen and oxygen atoms in total.